The number of carbonyl (C=O) groups excluding carboxylic acids is 1. The van der Waals surface area contributed by atoms with E-state index in [1.807, 2.05) is 23.1 Å². The number of amides is 1. The van der Waals surface area contributed by atoms with Crippen molar-refractivity contribution >= 4 is 5.91 Å². The van der Waals surface area contributed by atoms with Gasteiger partial charge in [0.1, 0.15) is 11.4 Å². The Morgan fingerprint density at radius 3 is 2.24 bits per heavy atom. The molecular weight excluding hydrogens is 374 g/mol. The molecule has 2 saturated heterocycles. The normalized spacial score (nSPS) is 25.7. The summed E-state index contributed by atoms with van der Waals surface area (Å²) in [5.41, 5.74) is -0.200. The van der Waals surface area contributed by atoms with Gasteiger partial charge in [-0.15, -0.1) is 0 Å². The first kappa shape index (κ1) is 19.6. The number of furan rings is 1. The summed E-state index contributed by atoms with van der Waals surface area (Å²) in [6.45, 7) is 0. The van der Waals surface area contributed by atoms with E-state index in [1.54, 1.807) is 33.7 Å². The topological polar surface area (TPSA) is 81.4 Å². The Morgan fingerprint density at radius 1 is 1.14 bits per heavy atom. The van der Waals surface area contributed by atoms with Gasteiger partial charge in [-0.2, -0.15) is 0 Å². The Morgan fingerprint density at radius 2 is 1.76 bits per heavy atom. The van der Waals surface area contributed by atoms with Crippen LogP contribution in [0.5, 0.6) is 17.2 Å². The summed E-state index contributed by atoms with van der Waals surface area (Å²) in [5.74, 6) is 2.21. The molecule has 29 heavy (non-hydrogen) atoms. The van der Waals surface area contributed by atoms with E-state index < -0.39 is 5.60 Å². The zero-order valence-electron chi connectivity index (χ0n) is 17.0. The summed E-state index contributed by atoms with van der Waals surface area (Å²) in [6.07, 6.45) is 4.61. The number of piperidine rings is 1. The zero-order valence-corrected chi connectivity index (χ0v) is 17.0. The average Bonchev–Trinajstić information content (AvgIpc) is 3.35. The Hall–Kier alpha value is -2.67. The van der Waals surface area contributed by atoms with Crippen LogP contribution in [0.15, 0.2) is 34.9 Å². The third kappa shape index (κ3) is 3.44. The van der Waals surface area contributed by atoms with Crippen LogP contribution >= 0.6 is 0 Å². The molecule has 1 amide bonds. The second kappa shape index (κ2) is 7.63. The second-order valence-corrected chi connectivity index (χ2v) is 7.81. The molecule has 0 aliphatic carbocycles. The van der Waals surface area contributed by atoms with Crippen molar-refractivity contribution in [3.63, 3.8) is 0 Å². The maximum Gasteiger partial charge on any atom is 0.227 e. The number of benzene rings is 1. The molecule has 1 aromatic heterocycles. The first-order chi connectivity index (χ1) is 14.0. The fraction of sp³-hybridized carbons (Fsp3) is 0.500. The van der Waals surface area contributed by atoms with Crippen LogP contribution in [-0.4, -0.2) is 49.3 Å². The van der Waals surface area contributed by atoms with Crippen molar-refractivity contribution < 1.29 is 28.5 Å². The van der Waals surface area contributed by atoms with Crippen LogP contribution in [0.2, 0.25) is 0 Å². The number of carbonyl (C=O) groups is 1. The molecule has 0 spiro atoms. The van der Waals surface area contributed by atoms with E-state index in [9.17, 15) is 9.90 Å². The number of hydrogen-bond acceptors (Lipinski definition) is 6. The molecule has 7 heteroatoms. The van der Waals surface area contributed by atoms with Gasteiger partial charge in [0.15, 0.2) is 11.5 Å². The van der Waals surface area contributed by atoms with Crippen molar-refractivity contribution in [2.75, 3.05) is 21.3 Å². The van der Waals surface area contributed by atoms with Crippen LogP contribution in [0.1, 0.15) is 37.0 Å². The SMILES string of the molecule is COc1cc(CC(=O)N2[C@@H]3CC[C@@H]2CC(O)(c2ccco2)C3)cc(OC)c1OC. The van der Waals surface area contributed by atoms with E-state index in [2.05, 4.69) is 0 Å². The quantitative estimate of drug-likeness (QED) is 0.802. The highest BCUT2D eigenvalue weighted by molar-refractivity contribution is 5.80. The molecule has 2 bridgehead atoms. The minimum atomic E-state index is -1.00. The van der Waals surface area contributed by atoms with Crippen molar-refractivity contribution in [3.8, 4) is 17.2 Å². The van der Waals surface area contributed by atoms with E-state index in [1.165, 1.54) is 0 Å². The summed E-state index contributed by atoms with van der Waals surface area (Å²) < 4.78 is 21.6. The van der Waals surface area contributed by atoms with Crippen LogP contribution in [0.4, 0.5) is 0 Å². The third-order valence-electron chi connectivity index (χ3n) is 6.11. The first-order valence-electron chi connectivity index (χ1n) is 9.85. The largest absolute Gasteiger partial charge is 0.493 e. The fourth-order valence-electron chi connectivity index (χ4n) is 4.88. The molecule has 156 valence electrons. The van der Waals surface area contributed by atoms with Gasteiger partial charge in [-0.25, -0.2) is 0 Å². The van der Waals surface area contributed by atoms with Gasteiger partial charge in [0.25, 0.3) is 0 Å². The standard InChI is InChI=1S/C22H27NO6/c1-26-17-9-14(10-18(27-2)21(17)28-3)11-20(24)23-15-6-7-16(23)13-22(25,12-15)19-5-4-8-29-19/h4-5,8-10,15-16,25H,6-7,11-13H2,1-3H3/t15-,16-/m1/s1. The van der Waals surface area contributed by atoms with Crippen molar-refractivity contribution in [2.24, 2.45) is 0 Å². The Balaban J connectivity index is 1.53. The molecule has 7 nitrogen and oxygen atoms in total. The molecule has 2 atom stereocenters. The lowest BCUT2D eigenvalue weighted by Crippen LogP contribution is -2.52. The van der Waals surface area contributed by atoms with Crippen LogP contribution in [-0.2, 0) is 16.8 Å². The summed E-state index contributed by atoms with van der Waals surface area (Å²) >= 11 is 0. The molecule has 0 unspecified atom stereocenters. The summed E-state index contributed by atoms with van der Waals surface area (Å²) in [6, 6.07) is 7.25. The number of fused-ring (bicyclic) bond motifs is 2. The number of rotatable bonds is 6. The van der Waals surface area contributed by atoms with Gasteiger partial charge in [0.2, 0.25) is 11.7 Å². The summed E-state index contributed by atoms with van der Waals surface area (Å²) in [7, 11) is 4.67. The van der Waals surface area contributed by atoms with Crippen LogP contribution in [0.25, 0.3) is 0 Å². The molecule has 3 heterocycles. The maximum absolute atomic E-state index is 13.2. The molecule has 2 aliphatic heterocycles. The maximum atomic E-state index is 13.2. The molecule has 4 rings (SSSR count). The van der Waals surface area contributed by atoms with Gasteiger partial charge in [-0.05, 0) is 42.7 Å². The fourth-order valence-corrected chi connectivity index (χ4v) is 4.88. The Bertz CT molecular complexity index is 838. The van der Waals surface area contributed by atoms with Gasteiger partial charge >= 0.3 is 0 Å². The predicted molar refractivity (Wildman–Crippen MR) is 105 cm³/mol. The molecule has 2 aromatic rings. The monoisotopic (exact) mass is 401 g/mol. The molecular formula is C22H27NO6. The van der Waals surface area contributed by atoms with Crippen molar-refractivity contribution in [3.05, 3.63) is 41.9 Å². The van der Waals surface area contributed by atoms with Crippen molar-refractivity contribution in [2.45, 2.75) is 49.8 Å². The van der Waals surface area contributed by atoms with Gasteiger partial charge in [0.05, 0.1) is 34.0 Å². The van der Waals surface area contributed by atoms with Crippen molar-refractivity contribution in [1.82, 2.24) is 4.90 Å². The molecule has 1 aromatic carbocycles. The molecule has 2 fully saturated rings. The third-order valence-corrected chi connectivity index (χ3v) is 6.11. The van der Waals surface area contributed by atoms with E-state index in [0.717, 1.165) is 18.4 Å². The lowest BCUT2D eigenvalue weighted by molar-refractivity contribution is -0.142. The number of aliphatic hydroxyl groups is 1. The predicted octanol–water partition coefficient (Wildman–Crippen LogP) is 2.89. The Kier molecular flexibility index (Phi) is 5.17. The molecule has 1 N–H and O–H groups in total. The van der Waals surface area contributed by atoms with Gasteiger partial charge in [-0.1, -0.05) is 0 Å². The lowest BCUT2D eigenvalue weighted by atomic mass is 9.84. The minimum absolute atomic E-state index is 0.0124. The molecule has 0 radical (unpaired) electrons. The first-order valence-corrected chi connectivity index (χ1v) is 9.85. The number of nitrogens with zero attached hydrogens (tertiary/aromatic N) is 1. The van der Waals surface area contributed by atoms with Crippen LogP contribution < -0.4 is 14.2 Å². The number of ether oxygens (including phenoxy) is 3. The highest BCUT2D eigenvalue weighted by Crippen LogP contribution is 2.46. The van der Waals surface area contributed by atoms with Crippen LogP contribution in [0, 0.1) is 0 Å². The number of methoxy groups -OCH3 is 3. The van der Waals surface area contributed by atoms with Crippen LogP contribution in [0.3, 0.4) is 0 Å². The van der Waals surface area contributed by atoms with E-state index in [4.69, 9.17) is 18.6 Å². The van der Waals surface area contributed by atoms with E-state index in [0.29, 0.717) is 35.9 Å². The molecule has 2 aliphatic rings. The second-order valence-electron chi connectivity index (χ2n) is 7.81. The van der Waals surface area contributed by atoms with Gasteiger partial charge in [-0.3, -0.25) is 4.79 Å². The highest BCUT2D eigenvalue weighted by Gasteiger charge is 2.51. The Labute approximate surface area is 170 Å². The van der Waals surface area contributed by atoms with Gasteiger partial charge < -0.3 is 28.6 Å². The van der Waals surface area contributed by atoms with Crippen molar-refractivity contribution in [1.29, 1.82) is 0 Å². The smallest absolute Gasteiger partial charge is 0.227 e. The highest BCUT2D eigenvalue weighted by atomic mass is 16.5. The zero-order chi connectivity index (χ0) is 20.6. The summed E-state index contributed by atoms with van der Waals surface area (Å²) in [5, 5.41) is 11.1. The lowest BCUT2D eigenvalue weighted by Gasteiger charge is -2.43. The van der Waals surface area contributed by atoms with E-state index in [-0.39, 0.29) is 24.4 Å². The summed E-state index contributed by atoms with van der Waals surface area (Å²) in [4.78, 5) is 15.1. The van der Waals surface area contributed by atoms with E-state index >= 15 is 0 Å². The number of hydrogen-bond donors (Lipinski definition) is 1. The van der Waals surface area contributed by atoms with Gasteiger partial charge in [0, 0.05) is 24.9 Å². The molecule has 0 saturated carbocycles. The minimum Gasteiger partial charge on any atom is -0.493 e. The average molecular weight is 401 g/mol.